The average molecular weight is 285 g/mol. The van der Waals surface area contributed by atoms with Crippen molar-refractivity contribution in [3.63, 3.8) is 0 Å². The van der Waals surface area contributed by atoms with Gasteiger partial charge in [0.2, 0.25) is 0 Å². The molecule has 0 aliphatic rings. The van der Waals surface area contributed by atoms with Gasteiger partial charge in [-0.1, -0.05) is 41.4 Å². The van der Waals surface area contributed by atoms with Crippen molar-refractivity contribution in [3.8, 4) is 0 Å². The van der Waals surface area contributed by atoms with Crippen molar-refractivity contribution in [2.75, 3.05) is 0 Å². The quantitative estimate of drug-likeness (QED) is 0.862. The van der Waals surface area contributed by atoms with E-state index in [9.17, 15) is 9.59 Å². The molecule has 0 radical (unpaired) electrons. The maximum absolute atomic E-state index is 11.8. The van der Waals surface area contributed by atoms with Crippen LogP contribution in [0.25, 0.3) is 0 Å². The van der Waals surface area contributed by atoms with Gasteiger partial charge in [-0.25, -0.2) is 4.79 Å². The second-order valence-electron chi connectivity index (χ2n) is 3.83. The summed E-state index contributed by atoms with van der Waals surface area (Å²) in [4.78, 5) is 25.9. The average Bonchev–Trinajstić information content (AvgIpc) is 2.27. The standard InChI is InChI=1S/C12H10Cl2N2O2/c1-7(8-4-2-3-5-9(8)13)16-11(17)6-10(14)15-12(16)18/h2-7H,1H3,(H,15,18). The van der Waals surface area contributed by atoms with E-state index in [1.54, 1.807) is 31.2 Å². The molecule has 0 aliphatic carbocycles. The van der Waals surface area contributed by atoms with E-state index in [0.29, 0.717) is 10.6 Å². The number of nitrogens with one attached hydrogen (secondary N) is 1. The van der Waals surface area contributed by atoms with Gasteiger partial charge in [-0.2, -0.15) is 0 Å². The van der Waals surface area contributed by atoms with Crippen LogP contribution < -0.4 is 11.2 Å². The van der Waals surface area contributed by atoms with E-state index in [1.165, 1.54) is 0 Å². The molecule has 1 atom stereocenters. The fourth-order valence-corrected chi connectivity index (χ4v) is 2.26. The zero-order valence-corrected chi connectivity index (χ0v) is 11.0. The highest BCUT2D eigenvalue weighted by molar-refractivity contribution is 6.31. The number of aromatic nitrogens is 2. The number of benzene rings is 1. The summed E-state index contributed by atoms with van der Waals surface area (Å²) >= 11 is 11.7. The van der Waals surface area contributed by atoms with E-state index >= 15 is 0 Å². The number of H-pyrrole nitrogens is 1. The van der Waals surface area contributed by atoms with Crippen LogP contribution in [0.5, 0.6) is 0 Å². The molecule has 1 N–H and O–H groups in total. The van der Waals surface area contributed by atoms with Crippen molar-refractivity contribution in [1.29, 1.82) is 0 Å². The van der Waals surface area contributed by atoms with E-state index < -0.39 is 17.3 Å². The Labute approximate surface area is 113 Å². The monoisotopic (exact) mass is 284 g/mol. The highest BCUT2D eigenvalue weighted by atomic mass is 35.5. The Morgan fingerprint density at radius 3 is 2.50 bits per heavy atom. The molecule has 2 aromatic rings. The maximum Gasteiger partial charge on any atom is 0.330 e. The Bertz CT molecular complexity index is 660. The summed E-state index contributed by atoms with van der Waals surface area (Å²) in [5.74, 6) is 0. The van der Waals surface area contributed by atoms with Crippen molar-refractivity contribution < 1.29 is 0 Å². The van der Waals surface area contributed by atoms with Crippen LogP contribution in [0.15, 0.2) is 39.9 Å². The first-order valence-corrected chi connectivity index (χ1v) is 6.02. The lowest BCUT2D eigenvalue weighted by Gasteiger charge is -2.15. The lowest BCUT2D eigenvalue weighted by atomic mass is 10.1. The number of nitrogens with zero attached hydrogens (tertiary/aromatic N) is 1. The molecule has 1 heterocycles. The maximum atomic E-state index is 11.8. The molecule has 0 saturated carbocycles. The molecule has 0 amide bonds. The molecule has 2 rings (SSSR count). The van der Waals surface area contributed by atoms with Crippen molar-refractivity contribution in [2.45, 2.75) is 13.0 Å². The Hall–Kier alpha value is -1.52. The first kappa shape index (κ1) is 12.9. The molecule has 0 saturated heterocycles. The number of rotatable bonds is 2. The summed E-state index contributed by atoms with van der Waals surface area (Å²) in [7, 11) is 0. The van der Waals surface area contributed by atoms with Crippen LogP contribution in [0.2, 0.25) is 10.2 Å². The number of halogens is 2. The third-order valence-corrected chi connectivity index (χ3v) is 3.22. The van der Waals surface area contributed by atoms with Gasteiger partial charge in [0.15, 0.2) is 0 Å². The summed E-state index contributed by atoms with van der Waals surface area (Å²) in [6.45, 7) is 1.73. The van der Waals surface area contributed by atoms with E-state index in [4.69, 9.17) is 23.2 Å². The molecule has 0 fully saturated rings. The normalized spacial score (nSPS) is 12.4. The first-order chi connectivity index (χ1) is 8.50. The molecule has 1 unspecified atom stereocenters. The minimum atomic E-state index is -0.556. The van der Waals surface area contributed by atoms with Gasteiger partial charge in [0, 0.05) is 11.1 Å². The zero-order chi connectivity index (χ0) is 13.3. The van der Waals surface area contributed by atoms with Gasteiger partial charge in [-0.15, -0.1) is 0 Å². The topological polar surface area (TPSA) is 54.9 Å². The lowest BCUT2D eigenvalue weighted by Crippen LogP contribution is -2.37. The third kappa shape index (κ3) is 2.35. The molecule has 94 valence electrons. The minimum Gasteiger partial charge on any atom is -0.298 e. The van der Waals surface area contributed by atoms with E-state index in [-0.39, 0.29) is 5.15 Å². The predicted molar refractivity (Wildman–Crippen MR) is 71.6 cm³/mol. The summed E-state index contributed by atoms with van der Waals surface area (Å²) < 4.78 is 1.08. The molecule has 0 aliphatic heterocycles. The van der Waals surface area contributed by atoms with Crippen molar-refractivity contribution in [2.24, 2.45) is 0 Å². The van der Waals surface area contributed by atoms with Gasteiger partial charge < -0.3 is 0 Å². The smallest absolute Gasteiger partial charge is 0.298 e. The fourth-order valence-electron chi connectivity index (χ4n) is 1.80. The van der Waals surface area contributed by atoms with Crippen LogP contribution in [0.1, 0.15) is 18.5 Å². The third-order valence-electron chi connectivity index (χ3n) is 2.68. The molecular weight excluding hydrogens is 275 g/mol. The predicted octanol–water partition coefficient (Wildman–Crippen LogP) is 2.45. The SMILES string of the molecule is CC(c1ccccc1Cl)n1c(=O)cc(Cl)[nH]c1=O. The van der Waals surface area contributed by atoms with Crippen LogP contribution in [0.3, 0.4) is 0 Å². The Kier molecular flexibility index (Phi) is 3.59. The number of hydrogen-bond acceptors (Lipinski definition) is 2. The van der Waals surface area contributed by atoms with E-state index in [1.807, 2.05) is 0 Å². The Morgan fingerprint density at radius 1 is 1.22 bits per heavy atom. The van der Waals surface area contributed by atoms with Gasteiger partial charge >= 0.3 is 5.69 Å². The van der Waals surface area contributed by atoms with Crippen LogP contribution in [-0.4, -0.2) is 9.55 Å². The van der Waals surface area contributed by atoms with E-state index in [2.05, 4.69) is 4.98 Å². The van der Waals surface area contributed by atoms with Gasteiger partial charge in [0.05, 0.1) is 6.04 Å². The van der Waals surface area contributed by atoms with Crippen LogP contribution in [0.4, 0.5) is 0 Å². The molecular formula is C12H10Cl2N2O2. The van der Waals surface area contributed by atoms with Gasteiger partial charge in [0.25, 0.3) is 5.56 Å². The zero-order valence-electron chi connectivity index (χ0n) is 9.48. The summed E-state index contributed by atoms with van der Waals surface area (Å²) in [6, 6.07) is 7.76. The van der Waals surface area contributed by atoms with Crippen LogP contribution in [-0.2, 0) is 0 Å². The van der Waals surface area contributed by atoms with Crippen LogP contribution >= 0.6 is 23.2 Å². The largest absolute Gasteiger partial charge is 0.330 e. The fraction of sp³-hybridized carbons (Fsp3) is 0.167. The highest BCUT2D eigenvalue weighted by Gasteiger charge is 2.15. The van der Waals surface area contributed by atoms with Gasteiger partial charge in [-0.3, -0.25) is 14.3 Å². The van der Waals surface area contributed by atoms with E-state index in [0.717, 1.165) is 10.6 Å². The van der Waals surface area contributed by atoms with Gasteiger partial charge in [-0.05, 0) is 18.6 Å². The van der Waals surface area contributed by atoms with Crippen LogP contribution in [0, 0.1) is 0 Å². The Balaban J connectivity index is 2.61. The van der Waals surface area contributed by atoms with Crippen molar-refractivity contribution in [1.82, 2.24) is 9.55 Å². The summed E-state index contributed by atoms with van der Waals surface area (Å²) in [5.41, 5.74) is -0.315. The number of hydrogen-bond donors (Lipinski definition) is 1. The minimum absolute atomic E-state index is 0.0209. The highest BCUT2D eigenvalue weighted by Crippen LogP contribution is 2.23. The summed E-state index contributed by atoms with van der Waals surface area (Å²) in [6.07, 6.45) is 0. The second-order valence-corrected chi connectivity index (χ2v) is 4.64. The molecule has 6 heteroatoms. The molecule has 0 bridgehead atoms. The van der Waals surface area contributed by atoms with Crippen molar-refractivity contribution in [3.05, 3.63) is 66.9 Å². The Morgan fingerprint density at radius 2 is 1.89 bits per heavy atom. The van der Waals surface area contributed by atoms with Crippen molar-refractivity contribution >= 4 is 23.2 Å². The lowest BCUT2D eigenvalue weighted by molar-refractivity contribution is 0.578. The molecule has 4 nitrogen and oxygen atoms in total. The second kappa shape index (κ2) is 5.00. The number of aromatic amines is 1. The molecule has 1 aromatic heterocycles. The summed E-state index contributed by atoms with van der Waals surface area (Å²) in [5, 5.41) is 0.527. The van der Waals surface area contributed by atoms with Gasteiger partial charge in [0.1, 0.15) is 5.15 Å². The molecule has 1 aromatic carbocycles. The molecule has 0 spiro atoms. The molecule has 18 heavy (non-hydrogen) atoms. The first-order valence-electron chi connectivity index (χ1n) is 5.26.